The molecule has 0 unspecified atom stereocenters. The number of nitrogens with one attached hydrogen (secondary N) is 1. The molecule has 0 aromatic heterocycles. The number of rotatable bonds is 0. The second-order valence-corrected chi connectivity index (χ2v) is 9.50. The van der Waals surface area contributed by atoms with E-state index in [4.69, 9.17) is 4.74 Å². The SMILES string of the molecule is C=C1[C@@H](C)[C@H]2[C@H](C)NC(=O)[C@]23C(=O)C[C@H](O)[C@]2(C)O[C@@H]2[C@@H](C)C/C=C\[C@H]3[C@@H]1O. The van der Waals surface area contributed by atoms with Gasteiger partial charge in [0.2, 0.25) is 5.91 Å². The van der Waals surface area contributed by atoms with E-state index in [0.717, 1.165) is 0 Å². The molecule has 0 aromatic rings. The maximum atomic E-state index is 13.7. The number of fused-ring (bicyclic) bond motifs is 1. The zero-order valence-electron chi connectivity index (χ0n) is 17.0. The van der Waals surface area contributed by atoms with Gasteiger partial charge >= 0.3 is 0 Å². The van der Waals surface area contributed by atoms with Gasteiger partial charge in [0.05, 0.1) is 18.3 Å². The Balaban J connectivity index is 1.86. The molecule has 10 atom stereocenters. The highest BCUT2D eigenvalue weighted by Crippen LogP contribution is 2.57. The van der Waals surface area contributed by atoms with Gasteiger partial charge in [-0.3, -0.25) is 9.59 Å². The van der Waals surface area contributed by atoms with E-state index in [1.165, 1.54) is 0 Å². The lowest BCUT2D eigenvalue weighted by molar-refractivity contribution is -0.153. The third-order valence-corrected chi connectivity index (χ3v) is 7.93. The first-order valence-electron chi connectivity index (χ1n) is 10.3. The molecule has 3 fully saturated rings. The average molecular weight is 389 g/mol. The Kier molecular flexibility index (Phi) is 4.42. The number of amides is 1. The third kappa shape index (κ3) is 2.37. The van der Waals surface area contributed by atoms with Gasteiger partial charge in [-0.1, -0.05) is 32.6 Å². The molecular formula is C22H31NO5. The van der Waals surface area contributed by atoms with Crippen molar-refractivity contribution in [2.24, 2.45) is 29.1 Å². The minimum absolute atomic E-state index is 0.122. The van der Waals surface area contributed by atoms with E-state index in [9.17, 15) is 19.8 Å². The Hall–Kier alpha value is -1.50. The first kappa shape index (κ1) is 19.8. The summed E-state index contributed by atoms with van der Waals surface area (Å²) in [5.41, 5.74) is -1.50. The van der Waals surface area contributed by atoms with Crippen LogP contribution in [0.5, 0.6) is 0 Å². The van der Waals surface area contributed by atoms with E-state index in [1.54, 1.807) is 0 Å². The highest BCUT2D eigenvalue weighted by molar-refractivity contribution is 6.09. The number of aliphatic hydroxyl groups is 2. The van der Waals surface area contributed by atoms with E-state index < -0.39 is 29.1 Å². The third-order valence-electron chi connectivity index (χ3n) is 7.93. The number of Topliss-reactive ketones (excluding diaryl/α,β-unsaturated/α-hetero) is 1. The Bertz CT molecular complexity index is 762. The molecule has 0 aromatic carbocycles. The van der Waals surface area contributed by atoms with Crippen molar-refractivity contribution in [3.05, 3.63) is 24.3 Å². The molecule has 28 heavy (non-hydrogen) atoms. The lowest BCUT2D eigenvalue weighted by Gasteiger charge is -2.49. The average Bonchev–Trinajstić information content (AvgIpc) is 3.25. The molecule has 1 saturated carbocycles. The van der Waals surface area contributed by atoms with Gasteiger partial charge in [-0.15, -0.1) is 0 Å². The maximum absolute atomic E-state index is 13.7. The van der Waals surface area contributed by atoms with E-state index in [-0.39, 0.29) is 48.0 Å². The summed E-state index contributed by atoms with van der Waals surface area (Å²) in [5, 5.41) is 24.8. The lowest BCUT2D eigenvalue weighted by atomic mass is 9.52. The summed E-state index contributed by atoms with van der Waals surface area (Å²) in [4.78, 5) is 26.9. The summed E-state index contributed by atoms with van der Waals surface area (Å²) in [6, 6.07) is -0.215. The number of ketones is 1. The van der Waals surface area contributed by atoms with Crippen LogP contribution in [0, 0.1) is 29.1 Å². The number of allylic oxidation sites excluding steroid dienone is 1. The fourth-order valence-electron chi connectivity index (χ4n) is 6.20. The van der Waals surface area contributed by atoms with E-state index >= 15 is 0 Å². The van der Waals surface area contributed by atoms with E-state index in [0.29, 0.717) is 12.0 Å². The van der Waals surface area contributed by atoms with Gasteiger partial charge in [0.15, 0.2) is 5.78 Å². The molecule has 4 aliphatic rings. The number of ether oxygens (including phenoxy) is 1. The van der Waals surface area contributed by atoms with Gasteiger partial charge in [-0.05, 0) is 37.7 Å². The van der Waals surface area contributed by atoms with Gasteiger partial charge in [0.1, 0.15) is 11.0 Å². The largest absolute Gasteiger partial charge is 0.390 e. The van der Waals surface area contributed by atoms with Gasteiger partial charge in [-0.2, -0.15) is 0 Å². The summed E-state index contributed by atoms with van der Waals surface area (Å²) in [6.07, 6.45) is 2.22. The molecular weight excluding hydrogens is 358 g/mol. The number of hydrogen-bond donors (Lipinski definition) is 3. The molecule has 0 radical (unpaired) electrons. The van der Waals surface area contributed by atoms with Crippen molar-refractivity contribution in [2.75, 3.05) is 0 Å². The zero-order valence-corrected chi connectivity index (χ0v) is 17.0. The van der Waals surface area contributed by atoms with Gasteiger partial charge < -0.3 is 20.3 Å². The molecule has 2 saturated heterocycles. The molecule has 1 spiro atoms. The summed E-state index contributed by atoms with van der Waals surface area (Å²) in [7, 11) is 0. The Morgan fingerprint density at radius 3 is 2.61 bits per heavy atom. The molecule has 4 rings (SSSR count). The Morgan fingerprint density at radius 1 is 1.25 bits per heavy atom. The first-order valence-corrected chi connectivity index (χ1v) is 10.3. The Labute approximate surface area is 166 Å². The van der Waals surface area contributed by atoms with Crippen LogP contribution in [0.15, 0.2) is 24.3 Å². The molecule has 2 heterocycles. The van der Waals surface area contributed by atoms with Crippen molar-refractivity contribution >= 4 is 11.7 Å². The zero-order chi connectivity index (χ0) is 20.6. The number of epoxide rings is 1. The van der Waals surface area contributed by atoms with Crippen molar-refractivity contribution in [3.8, 4) is 0 Å². The highest BCUT2D eigenvalue weighted by Gasteiger charge is 2.69. The molecule has 3 N–H and O–H groups in total. The number of carbonyl (C=O) groups is 2. The van der Waals surface area contributed by atoms with Crippen molar-refractivity contribution in [2.45, 2.75) is 70.5 Å². The molecule has 6 heteroatoms. The van der Waals surface area contributed by atoms with Crippen LogP contribution in [0.4, 0.5) is 0 Å². The predicted octanol–water partition coefficient (Wildman–Crippen LogP) is 1.36. The summed E-state index contributed by atoms with van der Waals surface area (Å²) in [6.45, 7) is 11.8. The van der Waals surface area contributed by atoms with Crippen LogP contribution in [0.1, 0.15) is 40.5 Å². The summed E-state index contributed by atoms with van der Waals surface area (Å²) >= 11 is 0. The van der Waals surface area contributed by atoms with Crippen LogP contribution in [0.2, 0.25) is 0 Å². The van der Waals surface area contributed by atoms with Crippen molar-refractivity contribution in [1.82, 2.24) is 5.32 Å². The summed E-state index contributed by atoms with van der Waals surface area (Å²) in [5.74, 6) is -1.69. The predicted molar refractivity (Wildman–Crippen MR) is 103 cm³/mol. The Morgan fingerprint density at radius 2 is 1.93 bits per heavy atom. The van der Waals surface area contributed by atoms with Crippen LogP contribution in [-0.4, -0.2) is 51.9 Å². The monoisotopic (exact) mass is 389 g/mol. The van der Waals surface area contributed by atoms with Crippen molar-refractivity contribution in [1.29, 1.82) is 0 Å². The molecule has 2 aliphatic carbocycles. The lowest BCUT2D eigenvalue weighted by Crippen LogP contribution is -2.59. The fraction of sp³-hybridized carbons (Fsp3) is 0.727. The maximum Gasteiger partial charge on any atom is 0.235 e. The topological polar surface area (TPSA) is 99.2 Å². The standard InChI is InChI=1S/C22H31NO5/c1-10-7-6-8-14-18(26)12(3)11(2)17-13(4)23-20(27)22(14,17)16(25)9-15(24)21(5)19(10)28-21/h6,8,10-11,13-15,17-19,24,26H,3,7,9H2,1-2,4-5H3,(H,23,27)/b8-6-/t10-,11+,13-,14-,15-,17-,18+,19+,21-,22+/m0/s1. The van der Waals surface area contributed by atoms with Crippen LogP contribution < -0.4 is 5.32 Å². The van der Waals surface area contributed by atoms with Crippen LogP contribution in [-0.2, 0) is 14.3 Å². The van der Waals surface area contributed by atoms with Crippen LogP contribution in [0.25, 0.3) is 0 Å². The van der Waals surface area contributed by atoms with E-state index in [2.05, 4.69) is 11.9 Å². The second kappa shape index (κ2) is 6.25. The smallest absolute Gasteiger partial charge is 0.235 e. The quantitative estimate of drug-likeness (QED) is 0.330. The number of hydrogen-bond acceptors (Lipinski definition) is 5. The molecule has 1 amide bonds. The van der Waals surface area contributed by atoms with Crippen LogP contribution >= 0.6 is 0 Å². The van der Waals surface area contributed by atoms with Crippen LogP contribution in [0.3, 0.4) is 0 Å². The molecule has 154 valence electrons. The van der Waals surface area contributed by atoms with E-state index in [1.807, 2.05) is 39.8 Å². The first-order chi connectivity index (χ1) is 13.1. The number of carbonyl (C=O) groups excluding carboxylic acids is 2. The second-order valence-electron chi connectivity index (χ2n) is 9.50. The van der Waals surface area contributed by atoms with Gasteiger partial charge in [0, 0.05) is 24.3 Å². The summed E-state index contributed by atoms with van der Waals surface area (Å²) < 4.78 is 5.80. The normalized spacial score (nSPS) is 54.7. The molecule has 0 bridgehead atoms. The molecule has 6 nitrogen and oxygen atoms in total. The minimum atomic E-state index is -1.40. The highest BCUT2D eigenvalue weighted by atomic mass is 16.6. The number of aliphatic hydroxyl groups excluding tert-OH is 2. The fourth-order valence-corrected chi connectivity index (χ4v) is 6.20. The minimum Gasteiger partial charge on any atom is -0.390 e. The molecule has 2 aliphatic heterocycles. The van der Waals surface area contributed by atoms with Crippen molar-refractivity contribution in [3.63, 3.8) is 0 Å². The van der Waals surface area contributed by atoms with Gasteiger partial charge in [0.25, 0.3) is 0 Å². The van der Waals surface area contributed by atoms with Crippen molar-refractivity contribution < 1.29 is 24.5 Å². The van der Waals surface area contributed by atoms with Gasteiger partial charge in [-0.25, -0.2) is 0 Å².